The average Bonchev–Trinajstić information content (AvgIpc) is 2.26. The van der Waals surface area contributed by atoms with Gasteiger partial charge in [0.1, 0.15) is 0 Å². The summed E-state index contributed by atoms with van der Waals surface area (Å²) in [7, 11) is 0. The molecule has 0 aliphatic carbocycles. The Balaban J connectivity index is 2.47. The minimum Gasteiger partial charge on any atom is -0.478 e. The van der Waals surface area contributed by atoms with Crippen LogP contribution >= 0.6 is 0 Å². The normalized spacial score (nSPS) is 12.1. The zero-order valence-electron chi connectivity index (χ0n) is 8.39. The molecule has 1 atom stereocenters. The summed E-state index contributed by atoms with van der Waals surface area (Å²) >= 11 is 0. The topological polar surface area (TPSA) is 57.5 Å². The van der Waals surface area contributed by atoms with Gasteiger partial charge in [0.2, 0.25) is 0 Å². The lowest BCUT2D eigenvalue weighted by atomic mass is 10.0. The van der Waals surface area contributed by atoms with Gasteiger partial charge in [0.05, 0.1) is 6.10 Å². The third-order valence-electron chi connectivity index (χ3n) is 2.21. The van der Waals surface area contributed by atoms with Crippen LogP contribution in [0.2, 0.25) is 0 Å². The molecule has 15 heavy (non-hydrogen) atoms. The van der Waals surface area contributed by atoms with E-state index in [0.717, 1.165) is 5.56 Å². The van der Waals surface area contributed by atoms with E-state index in [4.69, 9.17) is 5.11 Å². The number of carboxylic acids is 1. The predicted molar refractivity (Wildman–Crippen MR) is 57.4 cm³/mol. The van der Waals surface area contributed by atoms with Crippen molar-refractivity contribution in [2.45, 2.75) is 18.9 Å². The zero-order chi connectivity index (χ0) is 11.3. The van der Waals surface area contributed by atoms with E-state index in [1.807, 2.05) is 30.3 Å². The molecule has 2 N–H and O–H groups in total. The molecular formula is C12H14O3. The van der Waals surface area contributed by atoms with Crippen molar-refractivity contribution in [1.29, 1.82) is 0 Å². The molecule has 0 aromatic heterocycles. The van der Waals surface area contributed by atoms with Crippen LogP contribution in [0.25, 0.3) is 0 Å². The first-order valence-corrected chi connectivity index (χ1v) is 4.75. The van der Waals surface area contributed by atoms with Crippen LogP contribution in [0.1, 0.15) is 24.5 Å². The van der Waals surface area contributed by atoms with Gasteiger partial charge in [0, 0.05) is 5.57 Å². The van der Waals surface area contributed by atoms with Crippen molar-refractivity contribution < 1.29 is 15.0 Å². The summed E-state index contributed by atoms with van der Waals surface area (Å²) in [5, 5.41) is 18.3. The largest absolute Gasteiger partial charge is 0.478 e. The molecule has 0 radical (unpaired) electrons. The highest BCUT2D eigenvalue weighted by atomic mass is 16.4. The average molecular weight is 206 g/mol. The van der Waals surface area contributed by atoms with E-state index in [9.17, 15) is 9.90 Å². The molecule has 0 spiro atoms. The van der Waals surface area contributed by atoms with Crippen LogP contribution in [-0.2, 0) is 4.79 Å². The smallest absolute Gasteiger partial charge is 0.330 e. The molecule has 1 aromatic rings. The lowest BCUT2D eigenvalue weighted by Gasteiger charge is -2.10. The van der Waals surface area contributed by atoms with Crippen LogP contribution in [0.3, 0.4) is 0 Å². The van der Waals surface area contributed by atoms with Gasteiger partial charge in [-0.2, -0.15) is 0 Å². The van der Waals surface area contributed by atoms with Gasteiger partial charge in [-0.1, -0.05) is 36.9 Å². The summed E-state index contributed by atoms with van der Waals surface area (Å²) in [5.74, 6) is -1.00. The van der Waals surface area contributed by atoms with Crippen LogP contribution in [0.5, 0.6) is 0 Å². The van der Waals surface area contributed by atoms with Crippen molar-refractivity contribution in [2.24, 2.45) is 0 Å². The fourth-order valence-electron chi connectivity index (χ4n) is 1.26. The van der Waals surface area contributed by atoms with Crippen molar-refractivity contribution >= 4 is 5.97 Å². The van der Waals surface area contributed by atoms with Crippen LogP contribution in [0.4, 0.5) is 0 Å². The summed E-state index contributed by atoms with van der Waals surface area (Å²) in [6.45, 7) is 3.41. The van der Waals surface area contributed by atoms with Crippen LogP contribution in [0, 0.1) is 0 Å². The Hall–Kier alpha value is -1.61. The van der Waals surface area contributed by atoms with Crippen LogP contribution < -0.4 is 0 Å². The van der Waals surface area contributed by atoms with Gasteiger partial charge >= 0.3 is 5.97 Å². The number of carbonyl (C=O) groups is 1. The maximum atomic E-state index is 10.5. The number of rotatable bonds is 5. The summed E-state index contributed by atoms with van der Waals surface area (Å²) in [5.41, 5.74) is 0.931. The lowest BCUT2D eigenvalue weighted by Crippen LogP contribution is -2.03. The maximum absolute atomic E-state index is 10.5. The molecular weight excluding hydrogens is 192 g/mol. The molecule has 1 rings (SSSR count). The van der Waals surface area contributed by atoms with E-state index < -0.39 is 12.1 Å². The molecule has 0 saturated carbocycles. The van der Waals surface area contributed by atoms with E-state index in [1.54, 1.807) is 0 Å². The molecule has 0 aliphatic heterocycles. The summed E-state index contributed by atoms with van der Waals surface area (Å²) < 4.78 is 0. The molecule has 0 aliphatic rings. The molecule has 0 saturated heterocycles. The maximum Gasteiger partial charge on any atom is 0.330 e. The molecule has 3 nitrogen and oxygen atoms in total. The highest BCUT2D eigenvalue weighted by Gasteiger charge is 2.10. The van der Waals surface area contributed by atoms with Gasteiger partial charge in [-0.3, -0.25) is 0 Å². The first kappa shape index (κ1) is 11.5. The van der Waals surface area contributed by atoms with E-state index in [1.165, 1.54) is 0 Å². The van der Waals surface area contributed by atoms with Crippen molar-refractivity contribution in [3.8, 4) is 0 Å². The fourth-order valence-corrected chi connectivity index (χ4v) is 1.26. The standard InChI is InChI=1S/C12H14O3/c1-9(12(14)15)7-8-11(13)10-5-3-2-4-6-10/h2-6,11,13H,1,7-8H2,(H,14,15). The van der Waals surface area contributed by atoms with Crippen molar-refractivity contribution in [3.63, 3.8) is 0 Å². The summed E-state index contributed by atoms with van der Waals surface area (Å²) in [6, 6.07) is 9.17. The van der Waals surface area contributed by atoms with Gasteiger partial charge in [-0.15, -0.1) is 0 Å². The van der Waals surface area contributed by atoms with E-state index >= 15 is 0 Å². The molecule has 3 heteroatoms. The molecule has 0 bridgehead atoms. The van der Waals surface area contributed by atoms with E-state index in [0.29, 0.717) is 12.8 Å². The zero-order valence-corrected chi connectivity index (χ0v) is 8.39. The number of benzene rings is 1. The number of aliphatic carboxylic acids is 1. The van der Waals surface area contributed by atoms with Crippen molar-refractivity contribution in [2.75, 3.05) is 0 Å². The second-order valence-electron chi connectivity index (χ2n) is 3.37. The van der Waals surface area contributed by atoms with Crippen LogP contribution in [0.15, 0.2) is 42.5 Å². The lowest BCUT2D eigenvalue weighted by molar-refractivity contribution is -0.132. The Kier molecular flexibility index (Phi) is 4.06. The minimum absolute atomic E-state index is 0.130. The number of hydrogen-bond donors (Lipinski definition) is 2. The quantitative estimate of drug-likeness (QED) is 0.726. The van der Waals surface area contributed by atoms with Crippen molar-refractivity contribution in [3.05, 3.63) is 48.0 Å². The van der Waals surface area contributed by atoms with Gasteiger partial charge in [-0.05, 0) is 18.4 Å². The summed E-state index contributed by atoms with van der Waals surface area (Å²) in [6.07, 6.45) is 0.0582. The Morgan fingerprint density at radius 1 is 1.33 bits per heavy atom. The number of aliphatic hydroxyl groups is 1. The highest BCUT2D eigenvalue weighted by Crippen LogP contribution is 2.19. The van der Waals surface area contributed by atoms with E-state index in [2.05, 4.69) is 6.58 Å². The molecule has 0 heterocycles. The first-order chi connectivity index (χ1) is 7.11. The Labute approximate surface area is 88.7 Å². The predicted octanol–water partition coefficient (Wildman–Crippen LogP) is 2.14. The molecule has 80 valence electrons. The van der Waals surface area contributed by atoms with Gasteiger partial charge in [0.25, 0.3) is 0 Å². The Morgan fingerprint density at radius 2 is 1.93 bits per heavy atom. The fraction of sp³-hybridized carbons (Fsp3) is 0.250. The third-order valence-corrected chi connectivity index (χ3v) is 2.21. The van der Waals surface area contributed by atoms with E-state index in [-0.39, 0.29) is 5.57 Å². The van der Waals surface area contributed by atoms with Gasteiger partial charge in [-0.25, -0.2) is 4.79 Å². The van der Waals surface area contributed by atoms with Gasteiger partial charge in [0.15, 0.2) is 0 Å². The Morgan fingerprint density at radius 3 is 2.47 bits per heavy atom. The summed E-state index contributed by atoms with van der Waals surface area (Å²) in [4.78, 5) is 10.5. The third kappa shape index (κ3) is 3.56. The molecule has 1 unspecified atom stereocenters. The molecule has 0 fully saturated rings. The van der Waals surface area contributed by atoms with Gasteiger partial charge < -0.3 is 10.2 Å². The first-order valence-electron chi connectivity index (χ1n) is 4.75. The Bertz CT molecular complexity index is 343. The SMILES string of the molecule is C=C(CCC(O)c1ccccc1)C(=O)O. The van der Waals surface area contributed by atoms with Crippen LogP contribution in [-0.4, -0.2) is 16.2 Å². The number of hydrogen-bond acceptors (Lipinski definition) is 2. The number of aliphatic hydroxyl groups excluding tert-OH is 1. The minimum atomic E-state index is -1.00. The highest BCUT2D eigenvalue weighted by molar-refractivity contribution is 5.85. The monoisotopic (exact) mass is 206 g/mol. The molecule has 1 aromatic carbocycles. The second kappa shape index (κ2) is 5.32. The molecule has 0 amide bonds. The second-order valence-corrected chi connectivity index (χ2v) is 3.37. The van der Waals surface area contributed by atoms with Crippen molar-refractivity contribution in [1.82, 2.24) is 0 Å². The number of carboxylic acid groups (broad SMARTS) is 1.